The molecule has 1 aliphatic carbocycles. The highest BCUT2D eigenvalue weighted by molar-refractivity contribution is 7.05. The average molecular weight is 384 g/mol. The molecule has 0 saturated carbocycles. The second-order valence-electron chi connectivity index (χ2n) is 7.80. The molecule has 27 heavy (non-hydrogen) atoms. The van der Waals surface area contributed by atoms with Crippen molar-refractivity contribution < 1.29 is 4.79 Å². The Morgan fingerprint density at radius 2 is 1.96 bits per heavy atom. The lowest BCUT2D eigenvalue weighted by molar-refractivity contribution is 0.0977. The van der Waals surface area contributed by atoms with Crippen LogP contribution in [0.3, 0.4) is 0 Å². The molecule has 0 radical (unpaired) electrons. The molecular formula is C23H29NO2S. The zero-order chi connectivity index (χ0) is 20.0. The molecular weight excluding hydrogens is 354 g/mol. The van der Waals surface area contributed by atoms with Gasteiger partial charge < -0.3 is 0 Å². The lowest BCUT2D eigenvalue weighted by atomic mass is 9.72. The fourth-order valence-corrected chi connectivity index (χ4v) is 3.98. The summed E-state index contributed by atoms with van der Waals surface area (Å²) in [5.74, 6) is -0.306. The first kappa shape index (κ1) is 21.1. The van der Waals surface area contributed by atoms with E-state index in [1.807, 2.05) is 25.2 Å². The molecule has 3 nitrogen and oxygen atoms in total. The maximum atomic E-state index is 12.0. The molecule has 0 aromatic carbocycles. The normalized spacial score (nSPS) is 18.7. The van der Waals surface area contributed by atoms with E-state index in [1.54, 1.807) is 5.38 Å². The molecule has 0 N–H and O–H groups in total. The SMILES string of the molecule is CC1=C(/C=C/C(C)=C/C=C/C(C)=C/C(=O)n2sccc2=O)C(C)(C)CCC1. The number of allylic oxidation sites excluding steroid dienone is 10. The van der Waals surface area contributed by atoms with Crippen molar-refractivity contribution in [2.45, 2.75) is 53.9 Å². The van der Waals surface area contributed by atoms with Crippen LogP contribution in [-0.4, -0.2) is 9.86 Å². The highest BCUT2D eigenvalue weighted by Crippen LogP contribution is 2.40. The number of nitrogens with zero attached hydrogens (tertiary/aromatic N) is 1. The van der Waals surface area contributed by atoms with Gasteiger partial charge in [-0.15, -0.1) is 0 Å². The van der Waals surface area contributed by atoms with Crippen molar-refractivity contribution in [1.29, 1.82) is 0 Å². The van der Waals surface area contributed by atoms with E-state index in [1.165, 1.54) is 42.6 Å². The van der Waals surface area contributed by atoms with Crippen molar-refractivity contribution in [3.8, 4) is 0 Å². The molecule has 4 heteroatoms. The zero-order valence-electron chi connectivity index (χ0n) is 16.9. The Kier molecular flexibility index (Phi) is 7.14. The summed E-state index contributed by atoms with van der Waals surface area (Å²) in [6.45, 7) is 10.8. The summed E-state index contributed by atoms with van der Waals surface area (Å²) in [4.78, 5) is 23.5. The number of aromatic nitrogens is 1. The zero-order valence-corrected chi connectivity index (χ0v) is 17.7. The van der Waals surface area contributed by atoms with Gasteiger partial charge in [0, 0.05) is 17.5 Å². The molecule has 1 aromatic heterocycles. The Morgan fingerprint density at radius 1 is 1.22 bits per heavy atom. The van der Waals surface area contributed by atoms with Gasteiger partial charge in [-0.2, -0.15) is 3.96 Å². The van der Waals surface area contributed by atoms with Crippen LogP contribution in [0, 0.1) is 5.41 Å². The van der Waals surface area contributed by atoms with Gasteiger partial charge in [-0.3, -0.25) is 9.59 Å². The summed E-state index contributed by atoms with van der Waals surface area (Å²) in [6.07, 6.45) is 15.4. The lowest BCUT2D eigenvalue weighted by Gasteiger charge is -2.32. The number of rotatable bonds is 5. The van der Waals surface area contributed by atoms with Crippen LogP contribution in [-0.2, 0) is 0 Å². The predicted octanol–water partition coefficient (Wildman–Crippen LogP) is 6.08. The van der Waals surface area contributed by atoms with Gasteiger partial charge in [0.15, 0.2) is 0 Å². The van der Waals surface area contributed by atoms with E-state index >= 15 is 0 Å². The monoisotopic (exact) mass is 383 g/mol. The summed E-state index contributed by atoms with van der Waals surface area (Å²) in [5, 5.41) is 1.61. The first-order valence-corrected chi connectivity index (χ1v) is 10.2. The van der Waals surface area contributed by atoms with E-state index in [9.17, 15) is 9.59 Å². The lowest BCUT2D eigenvalue weighted by Crippen LogP contribution is -2.19. The van der Waals surface area contributed by atoms with E-state index in [0.717, 1.165) is 26.6 Å². The Labute approximate surface area is 166 Å². The van der Waals surface area contributed by atoms with Gasteiger partial charge >= 0.3 is 0 Å². The quantitative estimate of drug-likeness (QED) is 0.456. The number of hydrogen-bond donors (Lipinski definition) is 0. The Morgan fingerprint density at radius 3 is 2.59 bits per heavy atom. The molecule has 0 spiro atoms. The van der Waals surface area contributed by atoms with E-state index in [4.69, 9.17) is 0 Å². The maximum Gasteiger partial charge on any atom is 0.267 e. The van der Waals surface area contributed by atoms with Gasteiger partial charge in [0.1, 0.15) is 0 Å². The standard InChI is InChI=1S/C23H29NO2S/c1-17(11-12-20-19(3)10-7-14-23(20,4)5)8-6-9-18(2)16-22(26)24-21(25)13-15-27-24/h6,8-9,11-13,15-16H,7,10,14H2,1-5H3/b9-6+,12-11+,17-8+,18-16+. The molecule has 0 saturated heterocycles. The van der Waals surface area contributed by atoms with Gasteiger partial charge in [-0.25, -0.2) is 0 Å². The molecule has 1 aromatic rings. The molecule has 0 unspecified atom stereocenters. The van der Waals surface area contributed by atoms with Crippen molar-refractivity contribution in [2.24, 2.45) is 5.41 Å². The Hall–Kier alpha value is -2.20. The van der Waals surface area contributed by atoms with E-state index < -0.39 is 0 Å². The third-order valence-corrected chi connectivity index (χ3v) is 5.73. The van der Waals surface area contributed by atoms with Gasteiger partial charge in [-0.1, -0.05) is 66.9 Å². The van der Waals surface area contributed by atoms with E-state index in [2.05, 4.69) is 39.8 Å². The van der Waals surface area contributed by atoms with Crippen LogP contribution in [0.15, 0.2) is 75.0 Å². The molecule has 1 heterocycles. The molecule has 0 aliphatic heterocycles. The first-order chi connectivity index (χ1) is 12.7. The van der Waals surface area contributed by atoms with Gasteiger partial charge in [0.05, 0.1) is 0 Å². The smallest absolute Gasteiger partial charge is 0.267 e. The molecule has 0 amide bonds. The minimum absolute atomic E-state index is 0.245. The van der Waals surface area contributed by atoms with Crippen LogP contribution in [0.2, 0.25) is 0 Å². The predicted molar refractivity (Wildman–Crippen MR) is 115 cm³/mol. The highest BCUT2D eigenvalue weighted by atomic mass is 32.1. The minimum atomic E-state index is -0.306. The van der Waals surface area contributed by atoms with Crippen LogP contribution in [0.5, 0.6) is 0 Å². The first-order valence-electron chi connectivity index (χ1n) is 9.33. The number of hydrogen-bond acceptors (Lipinski definition) is 3. The van der Waals surface area contributed by atoms with Crippen LogP contribution < -0.4 is 5.56 Å². The van der Waals surface area contributed by atoms with Crippen LogP contribution >= 0.6 is 11.5 Å². The molecule has 144 valence electrons. The Bertz CT molecular complexity index is 901. The second kappa shape index (κ2) is 9.14. The summed E-state index contributed by atoms with van der Waals surface area (Å²) >= 11 is 1.11. The molecule has 0 bridgehead atoms. The highest BCUT2D eigenvalue weighted by Gasteiger charge is 2.26. The fraction of sp³-hybridized carbons (Fsp3) is 0.391. The maximum absolute atomic E-state index is 12.0. The third kappa shape index (κ3) is 5.90. The summed E-state index contributed by atoms with van der Waals surface area (Å²) < 4.78 is 1.14. The third-order valence-electron chi connectivity index (χ3n) is 4.90. The molecule has 1 aliphatic rings. The number of carbonyl (C=O) groups excluding carboxylic acids is 1. The minimum Gasteiger partial charge on any atom is -0.268 e. The summed E-state index contributed by atoms with van der Waals surface area (Å²) in [6, 6.07) is 1.39. The van der Waals surface area contributed by atoms with Crippen molar-refractivity contribution in [3.63, 3.8) is 0 Å². The van der Waals surface area contributed by atoms with Crippen LogP contribution in [0.4, 0.5) is 0 Å². The van der Waals surface area contributed by atoms with Crippen LogP contribution in [0.25, 0.3) is 0 Å². The largest absolute Gasteiger partial charge is 0.268 e. The van der Waals surface area contributed by atoms with Crippen molar-refractivity contribution in [1.82, 2.24) is 3.96 Å². The topological polar surface area (TPSA) is 39.1 Å². The van der Waals surface area contributed by atoms with Gasteiger partial charge in [0.25, 0.3) is 11.5 Å². The van der Waals surface area contributed by atoms with Crippen molar-refractivity contribution in [3.05, 3.63) is 80.5 Å². The van der Waals surface area contributed by atoms with Gasteiger partial charge in [0.2, 0.25) is 0 Å². The molecule has 0 fully saturated rings. The van der Waals surface area contributed by atoms with E-state index in [0.29, 0.717) is 0 Å². The average Bonchev–Trinajstić information content (AvgIpc) is 3.00. The Balaban J connectivity index is 2.04. The summed E-state index contributed by atoms with van der Waals surface area (Å²) in [7, 11) is 0. The molecule has 2 rings (SSSR count). The molecule has 0 atom stereocenters. The van der Waals surface area contributed by atoms with Crippen molar-refractivity contribution in [2.75, 3.05) is 0 Å². The van der Waals surface area contributed by atoms with Gasteiger partial charge in [-0.05, 0) is 56.6 Å². The van der Waals surface area contributed by atoms with Crippen LogP contribution in [0.1, 0.15) is 58.7 Å². The van der Waals surface area contributed by atoms with E-state index in [-0.39, 0.29) is 16.9 Å². The second-order valence-corrected chi connectivity index (χ2v) is 8.65. The fourth-order valence-electron chi connectivity index (χ4n) is 3.36. The summed E-state index contributed by atoms with van der Waals surface area (Å²) in [5.41, 5.74) is 4.87. The number of carbonyl (C=O) groups is 1. The van der Waals surface area contributed by atoms with Crippen molar-refractivity contribution >= 4 is 17.4 Å².